The minimum Gasteiger partial charge on any atom is -0.483 e. The zero-order valence-corrected chi connectivity index (χ0v) is 13.2. The van der Waals surface area contributed by atoms with E-state index < -0.39 is 0 Å². The zero-order chi connectivity index (χ0) is 14.5. The minimum atomic E-state index is -0.0695. The van der Waals surface area contributed by atoms with Crippen molar-refractivity contribution in [3.8, 4) is 5.75 Å². The normalized spacial score (nSPS) is 14.2. The predicted octanol–water partition coefficient (Wildman–Crippen LogP) is 4.73. The average Bonchev–Trinajstić information content (AvgIpc) is 2.98. The Morgan fingerprint density at radius 3 is 2.50 bits per heavy atom. The van der Waals surface area contributed by atoms with Gasteiger partial charge in [0, 0.05) is 10.9 Å². The van der Waals surface area contributed by atoms with Crippen LogP contribution in [0.25, 0.3) is 0 Å². The number of rotatable bonds is 6. The highest BCUT2D eigenvalue weighted by molar-refractivity contribution is 7.10. The summed E-state index contributed by atoms with van der Waals surface area (Å²) in [7, 11) is 0. The van der Waals surface area contributed by atoms with Crippen LogP contribution < -0.4 is 10.5 Å². The van der Waals surface area contributed by atoms with Crippen LogP contribution in [0.1, 0.15) is 49.7 Å². The lowest BCUT2D eigenvalue weighted by molar-refractivity contribution is 0.172. The van der Waals surface area contributed by atoms with Crippen LogP contribution in [-0.4, -0.2) is 6.04 Å². The highest BCUT2D eigenvalue weighted by atomic mass is 32.1. The van der Waals surface area contributed by atoms with Gasteiger partial charge in [0.2, 0.25) is 0 Å². The van der Waals surface area contributed by atoms with Crippen molar-refractivity contribution in [2.24, 2.45) is 5.73 Å². The third kappa shape index (κ3) is 3.41. The van der Waals surface area contributed by atoms with E-state index in [-0.39, 0.29) is 12.1 Å². The monoisotopic (exact) mass is 289 g/mol. The van der Waals surface area contributed by atoms with Crippen molar-refractivity contribution in [3.05, 3.63) is 52.2 Å². The van der Waals surface area contributed by atoms with Gasteiger partial charge in [-0.3, -0.25) is 0 Å². The fourth-order valence-electron chi connectivity index (χ4n) is 2.23. The third-order valence-electron chi connectivity index (χ3n) is 3.48. The van der Waals surface area contributed by atoms with Gasteiger partial charge in [-0.15, -0.1) is 11.3 Å². The molecule has 2 nitrogen and oxygen atoms in total. The smallest absolute Gasteiger partial charge is 0.148 e. The van der Waals surface area contributed by atoms with E-state index >= 15 is 0 Å². The molecule has 1 aromatic carbocycles. The molecule has 3 heteroatoms. The van der Waals surface area contributed by atoms with Crippen molar-refractivity contribution >= 4 is 11.3 Å². The predicted molar refractivity (Wildman–Crippen MR) is 86.5 cm³/mol. The summed E-state index contributed by atoms with van der Waals surface area (Å²) in [5, 5.41) is 2.07. The van der Waals surface area contributed by atoms with Crippen LogP contribution in [0.5, 0.6) is 5.75 Å². The molecule has 0 saturated carbocycles. The van der Waals surface area contributed by atoms with E-state index in [4.69, 9.17) is 10.5 Å². The summed E-state index contributed by atoms with van der Waals surface area (Å²) in [5.74, 6) is 1.39. The van der Waals surface area contributed by atoms with Crippen molar-refractivity contribution in [3.63, 3.8) is 0 Å². The molecule has 0 aliphatic rings. The van der Waals surface area contributed by atoms with Gasteiger partial charge in [-0.2, -0.15) is 0 Å². The first kappa shape index (κ1) is 15.1. The van der Waals surface area contributed by atoms with E-state index in [2.05, 4.69) is 44.4 Å². The van der Waals surface area contributed by atoms with Crippen molar-refractivity contribution in [2.75, 3.05) is 0 Å². The van der Waals surface area contributed by atoms with Gasteiger partial charge in [-0.1, -0.05) is 45.0 Å². The Bertz CT molecular complexity index is 522. The Morgan fingerprint density at radius 1 is 1.15 bits per heavy atom. The van der Waals surface area contributed by atoms with Crippen molar-refractivity contribution in [2.45, 2.75) is 45.3 Å². The molecule has 0 aliphatic carbocycles. The molecule has 2 rings (SSSR count). The first-order valence-electron chi connectivity index (χ1n) is 7.18. The summed E-state index contributed by atoms with van der Waals surface area (Å²) < 4.78 is 6.29. The van der Waals surface area contributed by atoms with Crippen LogP contribution >= 0.6 is 11.3 Å². The van der Waals surface area contributed by atoms with Gasteiger partial charge in [0.25, 0.3) is 0 Å². The molecule has 0 radical (unpaired) electrons. The molecule has 0 saturated heterocycles. The van der Waals surface area contributed by atoms with Crippen LogP contribution in [0.4, 0.5) is 0 Å². The minimum absolute atomic E-state index is 0.00821. The fourth-order valence-corrected chi connectivity index (χ4v) is 3.05. The molecule has 1 heterocycles. The molecule has 1 aromatic heterocycles. The Hall–Kier alpha value is -1.32. The molecule has 108 valence electrons. The van der Waals surface area contributed by atoms with Gasteiger partial charge in [0.05, 0.1) is 0 Å². The number of ether oxygens (including phenoxy) is 1. The van der Waals surface area contributed by atoms with Crippen LogP contribution in [-0.2, 0) is 0 Å². The number of thiophene rings is 1. The van der Waals surface area contributed by atoms with Gasteiger partial charge >= 0.3 is 0 Å². The number of benzene rings is 1. The second kappa shape index (κ2) is 6.91. The van der Waals surface area contributed by atoms with E-state index in [0.717, 1.165) is 12.2 Å². The highest BCUT2D eigenvalue weighted by Gasteiger charge is 2.22. The molecule has 0 aliphatic heterocycles. The summed E-state index contributed by atoms with van der Waals surface area (Å²) in [6, 6.07) is 12.4. The Labute approximate surface area is 125 Å². The number of hydrogen-bond acceptors (Lipinski definition) is 3. The van der Waals surface area contributed by atoms with E-state index in [1.807, 2.05) is 18.2 Å². The molecule has 0 spiro atoms. The number of para-hydroxylation sites is 1. The van der Waals surface area contributed by atoms with Gasteiger partial charge in [0.15, 0.2) is 0 Å². The van der Waals surface area contributed by atoms with Crippen LogP contribution in [0.3, 0.4) is 0 Å². The van der Waals surface area contributed by atoms with E-state index in [0.29, 0.717) is 5.92 Å². The van der Waals surface area contributed by atoms with E-state index in [1.54, 1.807) is 11.3 Å². The van der Waals surface area contributed by atoms with Gasteiger partial charge in [-0.05, 0) is 35.4 Å². The SMILES string of the molecule is CCC(N)C(Oc1ccccc1C(C)C)c1cccs1. The first-order valence-corrected chi connectivity index (χ1v) is 8.06. The fraction of sp³-hybridized carbons (Fsp3) is 0.412. The van der Waals surface area contributed by atoms with E-state index in [1.165, 1.54) is 10.4 Å². The van der Waals surface area contributed by atoms with Gasteiger partial charge in [0.1, 0.15) is 11.9 Å². The topological polar surface area (TPSA) is 35.2 Å². The molecule has 2 unspecified atom stereocenters. The lowest BCUT2D eigenvalue weighted by atomic mass is 10.0. The summed E-state index contributed by atoms with van der Waals surface area (Å²) >= 11 is 1.70. The first-order chi connectivity index (χ1) is 9.63. The second-order valence-electron chi connectivity index (χ2n) is 5.32. The summed E-state index contributed by atoms with van der Waals surface area (Å²) in [6.07, 6.45) is 0.826. The van der Waals surface area contributed by atoms with Crippen molar-refractivity contribution in [1.82, 2.24) is 0 Å². The van der Waals surface area contributed by atoms with Crippen LogP contribution in [0.15, 0.2) is 41.8 Å². The maximum absolute atomic E-state index is 6.29. The second-order valence-corrected chi connectivity index (χ2v) is 6.30. The molecule has 0 bridgehead atoms. The highest BCUT2D eigenvalue weighted by Crippen LogP contribution is 2.33. The summed E-state index contributed by atoms with van der Waals surface area (Å²) in [4.78, 5) is 1.19. The van der Waals surface area contributed by atoms with Crippen LogP contribution in [0, 0.1) is 0 Å². The lowest BCUT2D eigenvalue weighted by Crippen LogP contribution is -2.31. The van der Waals surface area contributed by atoms with Crippen LogP contribution in [0.2, 0.25) is 0 Å². The third-order valence-corrected chi connectivity index (χ3v) is 4.41. The van der Waals surface area contributed by atoms with Crippen molar-refractivity contribution < 1.29 is 4.74 Å². The zero-order valence-electron chi connectivity index (χ0n) is 12.4. The van der Waals surface area contributed by atoms with Gasteiger partial charge < -0.3 is 10.5 Å². The largest absolute Gasteiger partial charge is 0.483 e. The quantitative estimate of drug-likeness (QED) is 0.834. The van der Waals surface area contributed by atoms with E-state index in [9.17, 15) is 0 Å². The molecule has 2 atom stereocenters. The molecule has 2 aromatic rings. The standard InChI is InChI=1S/C17H23NOS/c1-4-14(18)17(16-10-7-11-20-16)19-15-9-6-5-8-13(15)12(2)3/h5-12,14,17H,4,18H2,1-3H3. The molecular formula is C17H23NOS. The maximum Gasteiger partial charge on any atom is 0.148 e. The molecule has 2 N–H and O–H groups in total. The molecule has 0 fully saturated rings. The van der Waals surface area contributed by atoms with Gasteiger partial charge in [-0.25, -0.2) is 0 Å². The molecule has 20 heavy (non-hydrogen) atoms. The lowest BCUT2D eigenvalue weighted by Gasteiger charge is -2.25. The maximum atomic E-state index is 6.29. The Kier molecular flexibility index (Phi) is 5.21. The van der Waals surface area contributed by atoms with Crippen molar-refractivity contribution in [1.29, 1.82) is 0 Å². The summed E-state index contributed by atoms with van der Waals surface area (Å²) in [5.41, 5.74) is 7.50. The summed E-state index contributed by atoms with van der Waals surface area (Å²) in [6.45, 7) is 6.47. The Morgan fingerprint density at radius 2 is 1.90 bits per heavy atom. The average molecular weight is 289 g/mol. The Balaban J connectivity index is 2.29. The number of nitrogens with two attached hydrogens (primary N) is 1. The molecule has 0 amide bonds. The molecular weight excluding hydrogens is 266 g/mol. The number of hydrogen-bond donors (Lipinski definition) is 1.